The Hall–Kier alpha value is -3.95. The van der Waals surface area contributed by atoms with Crippen LogP contribution in [0.1, 0.15) is 12.8 Å². The number of hydrogen-bond acceptors (Lipinski definition) is 7. The lowest BCUT2D eigenvalue weighted by Gasteiger charge is -2.08. The molecule has 0 fully saturated rings. The van der Waals surface area contributed by atoms with Crippen molar-refractivity contribution in [3.8, 4) is 5.75 Å². The van der Waals surface area contributed by atoms with Gasteiger partial charge in [0, 0.05) is 29.9 Å². The molecule has 2 amide bonds. The van der Waals surface area contributed by atoms with Crippen LogP contribution in [-0.2, 0) is 19.1 Å². The quantitative estimate of drug-likeness (QED) is 0.374. The van der Waals surface area contributed by atoms with Crippen molar-refractivity contribution in [1.82, 2.24) is 0 Å². The second-order valence-electron chi connectivity index (χ2n) is 5.79. The van der Waals surface area contributed by atoms with Crippen molar-refractivity contribution in [3.63, 3.8) is 0 Å². The minimum absolute atomic E-state index is 0.162. The van der Waals surface area contributed by atoms with Gasteiger partial charge in [-0.1, -0.05) is 6.07 Å². The van der Waals surface area contributed by atoms with E-state index in [9.17, 15) is 24.5 Å². The average Bonchev–Trinajstić information content (AvgIpc) is 2.71. The van der Waals surface area contributed by atoms with Crippen molar-refractivity contribution in [2.45, 2.75) is 12.8 Å². The van der Waals surface area contributed by atoms with Crippen molar-refractivity contribution in [2.24, 2.45) is 0 Å². The molecule has 0 unspecified atom stereocenters. The summed E-state index contributed by atoms with van der Waals surface area (Å²) in [5.41, 5.74) is 0.602. The summed E-state index contributed by atoms with van der Waals surface area (Å²) in [6.45, 7) is -0.489. The molecule has 0 bridgehead atoms. The molecule has 2 aromatic rings. The van der Waals surface area contributed by atoms with Crippen molar-refractivity contribution in [2.75, 3.05) is 24.4 Å². The smallest absolute Gasteiger partial charge is 0.306 e. The summed E-state index contributed by atoms with van der Waals surface area (Å²) in [5.74, 6) is -1.11. The number of nitro benzene ring substituents is 1. The topological polar surface area (TPSA) is 137 Å². The van der Waals surface area contributed by atoms with E-state index in [0.717, 1.165) is 0 Å². The summed E-state index contributed by atoms with van der Waals surface area (Å²) in [7, 11) is 1.52. The van der Waals surface area contributed by atoms with Gasteiger partial charge in [-0.25, -0.2) is 0 Å². The second kappa shape index (κ2) is 10.4. The fourth-order valence-corrected chi connectivity index (χ4v) is 2.23. The zero-order chi connectivity index (χ0) is 21.2. The lowest BCUT2D eigenvalue weighted by atomic mass is 10.2. The number of esters is 1. The van der Waals surface area contributed by atoms with Gasteiger partial charge in [-0.15, -0.1) is 0 Å². The first kappa shape index (κ1) is 21.4. The number of rotatable bonds is 9. The number of nitrogens with zero attached hydrogens (tertiary/aromatic N) is 1. The standard InChI is InChI=1S/C19H19N3O7/c1-28-16-7-5-13(6-8-16)20-18(24)12-29-19(25)10-9-17(23)21-14-3-2-4-15(11-14)22(26)27/h2-8,11H,9-10,12H2,1H3,(H,20,24)(H,21,23). The molecule has 0 aliphatic rings. The molecule has 10 nitrogen and oxygen atoms in total. The Kier molecular flexibility index (Phi) is 7.66. The lowest BCUT2D eigenvalue weighted by Crippen LogP contribution is -2.21. The van der Waals surface area contributed by atoms with Gasteiger partial charge in [0.05, 0.1) is 18.5 Å². The molecule has 2 N–H and O–H groups in total. The van der Waals surface area contributed by atoms with Crippen LogP contribution >= 0.6 is 0 Å². The Bertz CT molecular complexity index is 897. The minimum atomic E-state index is -0.718. The van der Waals surface area contributed by atoms with Gasteiger partial charge in [-0.3, -0.25) is 24.5 Å². The second-order valence-corrected chi connectivity index (χ2v) is 5.79. The van der Waals surface area contributed by atoms with E-state index >= 15 is 0 Å². The number of anilines is 2. The molecule has 0 aromatic heterocycles. The lowest BCUT2D eigenvalue weighted by molar-refractivity contribution is -0.384. The molecule has 10 heteroatoms. The average molecular weight is 401 g/mol. The highest BCUT2D eigenvalue weighted by Crippen LogP contribution is 2.17. The van der Waals surface area contributed by atoms with Gasteiger partial charge in [0.2, 0.25) is 5.91 Å². The molecule has 0 saturated heterocycles. The number of ether oxygens (including phenoxy) is 2. The van der Waals surface area contributed by atoms with Crippen LogP contribution in [0.25, 0.3) is 0 Å². The van der Waals surface area contributed by atoms with Crippen LogP contribution in [0.4, 0.5) is 17.1 Å². The van der Waals surface area contributed by atoms with Crippen LogP contribution in [0.2, 0.25) is 0 Å². The maximum absolute atomic E-state index is 11.9. The predicted molar refractivity (Wildman–Crippen MR) is 104 cm³/mol. The Morgan fingerprint density at radius 1 is 0.966 bits per heavy atom. The maximum Gasteiger partial charge on any atom is 0.306 e. The number of benzene rings is 2. The number of hydrogen-bond donors (Lipinski definition) is 2. The fraction of sp³-hybridized carbons (Fsp3) is 0.211. The predicted octanol–water partition coefficient (Wildman–Crippen LogP) is 2.50. The molecule has 0 atom stereocenters. The summed E-state index contributed by atoms with van der Waals surface area (Å²) in [6.07, 6.45) is -0.432. The number of carbonyl (C=O) groups excluding carboxylic acids is 3. The number of amides is 2. The zero-order valence-corrected chi connectivity index (χ0v) is 15.5. The number of non-ortho nitro benzene ring substituents is 1. The highest BCUT2D eigenvalue weighted by Gasteiger charge is 2.12. The molecule has 2 aromatic carbocycles. The molecule has 0 aliphatic heterocycles. The van der Waals surface area contributed by atoms with E-state index in [4.69, 9.17) is 9.47 Å². The third kappa shape index (κ3) is 7.29. The van der Waals surface area contributed by atoms with Crippen molar-refractivity contribution in [3.05, 3.63) is 58.6 Å². The molecule has 0 spiro atoms. The Morgan fingerprint density at radius 2 is 1.66 bits per heavy atom. The molecule has 2 rings (SSSR count). The largest absolute Gasteiger partial charge is 0.497 e. The van der Waals surface area contributed by atoms with Gasteiger partial charge in [0.1, 0.15) is 5.75 Å². The molecule has 29 heavy (non-hydrogen) atoms. The van der Waals surface area contributed by atoms with Crippen LogP contribution < -0.4 is 15.4 Å². The molecule has 0 radical (unpaired) electrons. The molecular weight excluding hydrogens is 382 g/mol. The van der Waals surface area contributed by atoms with Gasteiger partial charge in [0.25, 0.3) is 11.6 Å². The van der Waals surface area contributed by atoms with E-state index in [-0.39, 0.29) is 24.2 Å². The minimum Gasteiger partial charge on any atom is -0.497 e. The van der Waals surface area contributed by atoms with Crippen LogP contribution in [-0.4, -0.2) is 36.4 Å². The highest BCUT2D eigenvalue weighted by molar-refractivity contribution is 5.94. The molecular formula is C19H19N3O7. The third-order valence-electron chi connectivity index (χ3n) is 3.63. The highest BCUT2D eigenvalue weighted by atomic mass is 16.6. The maximum atomic E-state index is 11.9. The number of methoxy groups -OCH3 is 1. The number of carbonyl (C=O) groups is 3. The first-order valence-corrected chi connectivity index (χ1v) is 8.51. The van der Waals surface area contributed by atoms with Crippen molar-refractivity contribution < 1.29 is 28.8 Å². The normalized spacial score (nSPS) is 9.97. The first-order valence-electron chi connectivity index (χ1n) is 8.51. The summed E-state index contributed by atoms with van der Waals surface area (Å²) in [6, 6.07) is 12.0. The van der Waals surface area contributed by atoms with E-state index in [2.05, 4.69) is 10.6 Å². The Labute approximate surface area is 166 Å². The monoisotopic (exact) mass is 401 g/mol. The number of nitro groups is 1. The summed E-state index contributed by atoms with van der Waals surface area (Å²) < 4.78 is 9.84. The third-order valence-corrected chi connectivity index (χ3v) is 3.63. The van der Waals surface area contributed by atoms with Gasteiger partial charge in [-0.05, 0) is 30.3 Å². The molecule has 0 saturated carbocycles. The Morgan fingerprint density at radius 3 is 2.31 bits per heavy atom. The van der Waals surface area contributed by atoms with Crippen LogP contribution in [0.3, 0.4) is 0 Å². The summed E-state index contributed by atoms with van der Waals surface area (Å²) in [4.78, 5) is 45.5. The molecule has 152 valence electrons. The first-order chi connectivity index (χ1) is 13.9. The summed E-state index contributed by atoms with van der Waals surface area (Å²) >= 11 is 0. The van der Waals surface area contributed by atoms with Gasteiger partial charge < -0.3 is 20.1 Å². The van der Waals surface area contributed by atoms with Crippen molar-refractivity contribution >= 4 is 34.8 Å². The Balaban J connectivity index is 1.70. The van der Waals surface area contributed by atoms with Gasteiger partial charge >= 0.3 is 5.97 Å². The van der Waals surface area contributed by atoms with Crippen LogP contribution in [0, 0.1) is 10.1 Å². The number of nitrogens with one attached hydrogen (secondary N) is 2. The SMILES string of the molecule is COc1ccc(NC(=O)COC(=O)CCC(=O)Nc2cccc([N+](=O)[O-])c2)cc1. The van der Waals surface area contributed by atoms with Gasteiger partial charge in [-0.2, -0.15) is 0 Å². The zero-order valence-electron chi connectivity index (χ0n) is 15.5. The van der Waals surface area contributed by atoms with E-state index in [0.29, 0.717) is 11.4 Å². The van der Waals surface area contributed by atoms with E-state index in [1.54, 1.807) is 24.3 Å². The van der Waals surface area contributed by atoms with Crippen LogP contribution in [0.5, 0.6) is 5.75 Å². The van der Waals surface area contributed by atoms with E-state index < -0.39 is 29.3 Å². The van der Waals surface area contributed by atoms with E-state index in [1.165, 1.54) is 31.4 Å². The van der Waals surface area contributed by atoms with E-state index in [1.807, 2.05) is 0 Å². The summed E-state index contributed by atoms with van der Waals surface area (Å²) in [5, 5.41) is 15.7. The molecule has 0 heterocycles. The van der Waals surface area contributed by atoms with Gasteiger partial charge in [0.15, 0.2) is 6.61 Å². The fourth-order valence-electron chi connectivity index (χ4n) is 2.23. The van der Waals surface area contributed by atoms with Crippen LogP contribution in [0.15, 0.2) is 48.5 Å². The molecule has 0 aliphatic carbocycles. The van der Waals surface area contributed by atoms with Crippen molar-refractivity contribution in [1.29, 1.82) is 0 Å².